The van der Waals surface area contributed by atoms with Crippen LogP contribution in [0.5, 0.6) is 0 Å². The Kier molecular flexibility index (Phi) is 15.3. The highest BCUT2D eigenvalue weighted by molar-refractivity contribution is 5.82. The molecule has 0 fully saturated rings. The normalized spacial score (nSPS) is 32.0. The summed E-state index contributed by atoms with van der Waals surface area (Å²) >= 11 is 0. The van der Waals surface area contributed by atoms with E-state index in [-0.39, 0.29) is 35.1 Å². The third-order valence-corrected chi connectivity index (χ3v) is 8.74. The van der Waals surface area contributed by atoms with E-state index in [9.17, 15) is 19.5 Å². The van der Waals surface area contributed by atoms with Crippen molar-refractivity contribution in [3.05, 3.63) is 71.9 Å². The SMILES string of the molecule is C#CCCCCCC(=O)N[C@@H]1C=C[C@@H]2/C=C(C)\C=C/[C@@H](C)[C@H]([C@H](C)[C@H](O)[C@@H](C)NC(C)=O)OC(=O)\C=C/C=C(C)\C=C/[C@]2(C)C1. The van der Waals surface area contributed by atoms with E-state index in [1.54, 1.807) is 13.0 Å². The fourth-order valence-electron chi connectivity index (χ4n) is 5.97. The number of hydrogen-bond donors (Lipinski definition) is 3. The van der Waals surface area contributed by atoms with Crippen LogP contribution in [0.2, 0.25) is 0 Å². The third-order valence-electron chi connectivity index (χ3n) is 8.74. The number of ether oxygens (including phenoxy) is 1. The zero-order chi connectivity index (χ0) is 33.6. The molecule has 45 heavy (non-hydrogen) atoms. The maximum absolute atomic E-state index is 12.9. The number of carbonyl (C=O) groups is 3. The summed E-state index contributed by atoms with van der Waals surface area (Å²) in [6.45, 7) is 13.2. The van der Waals surface area contributed by atoms with Crippen molar-refractivity contribution < 1.29 is 24.2 Å². The second-order valence-corrected chi connectivity index (χ2v) is 13.0. The van der Waals surface area contributed by atoms with Gasteiger partial charge in [-0.25, -0.2) is 4.79 Å². The second kappa shape index (κ2) is 18.4. The first-order chi connectivity index (χ1) is 21.2. The van der Waals surface area contributed by atoms with E-state index in [4.69, 9.17) is 11.2 Å². The predicted molar refractivity (Wildman–Crippen MR) is 182 cm³/mol. The standard InChI is InChI=1S/C38H54N2O5/c1-9-10-11-12-13-16-34(42)40-33-21-20-32-24-27(3)18-19-28(4)37(29(5)36(44)30(6)39-31(7)41)45-35(43)17-14-15-26(2)22-23-38(32,8)25-33/h1,14-15,17-24,28-30,32-33,36-37,44H,10-13,16,25H2,2-8H3,(H,39,41)(H,40,42)/b17-14-,19-18-,23-22-,26-15-,27-24-/t28-,29-,30-,32-,33-,36+,37-,38-/m1/s1. The van der Waals surface area contributed by atoms with Gasteiger partial charge in [0.15, 0.2) is 0 Å². The summed E-state index contributed by atoms with van der Waals surface area (Å²) in [6.07, 6.45) is 28.2. The molecule has 7 heteroatoms. The summed E-state index contributed by atoms with van der Waals surface area (Å²) in [6, 6.07) is -0.581. The van der Waals surface area contributed by atoms with Gasteiger partial charge in [-0.3, -0.25) is 9.59 Å². The van der Waals surface area contributed by atoms with Crippen LogP contribution in [0, 0.1) is 35.5 Å². The number of cyclic esters (lactones) is 1. The first kappa shape index (κ1) is 37.6. The van der Waals surface area contributed by atoms with Gasteiger partial charge in [0.1, 0.15) is 6.10 Å². The van der Waals surface area contributed by atoms with Crippen molar-refractivity contribution in [3.8, 4) is 12.3 Å². The first-order valence-corrected chi connectivity index (χ1v) is 16.2. The van der Waals surface area contributed by atoms with Gasteiger partial charge in [0, 0.05) is 49.6 Å². The van der Waals surface area contributed by atoms with Crippen molar-refractivity contribution in [3.63, 3.8) is 0 Å². The Morgan fingerprint density at radius 1 is 1.11 bits per heavy atom. The maximum Gasteiger partial charge on any atom is 0.331 e. The third kappa shape index (κ3) is 12.7. The fraction of sp³-hybridized carbons (Fsp3) is 0.553. The van der Waals surface area contributed by atoms with E-state index in [1.807, 2.05) is 45.9 Å². The van der Waals surface area contributed by atoms with Crippen LogP contribution in [0.1, 0.15) is 87.0 Å². The summed E-state index contributed by atoms with van der Waals surface area (Å²) in [7, 11) is 0. The number of esters is 1. The van der Waals surface area contributed by atoms with Crippen LogP contribution in [0.4, 0.5) is 0 Å². The molecule has 0 unspecified atom stereocenters. The maximum atomic E-state index is 12.9. The molecule has 1 aliphatic heterocycles. The lowest BCUT2D eigenvalue weighted by Gasteiger charge is -2.39. The summed E-state index contributed by atoms with van der Waals surface area (Å²) in [4.78, 5) is 37.1. The fourth-order valence-corrected chi connectivity index (χ4v) is 5.97. The zero-order valence-corrected chi connectivity index (χ0v) is 28.2. The monoisotopic (exact) mass is 618 g/mol. The van der Waals surface area contributed by atoms with Gasteiger partial charge < -0.3 is 20.5 Å². The Balaban J connectivity index is 2.35. The van der Waals surface area contributed by atoms with Gasteiger partial charge in [-0.15, -0.1) is 12.3 Å². The molecule has 2 aliphatic rings. The van der Waals surface area contributed by atoms with E-state index < -0.39 is 30.1 Å². The minimum atomic E-state index is -0.920. The minimum absolute atomic E-state index is 0.0571. The van der Waals surface area contributed by atoms with E-state index in [0.717, 1.165) is 43.3 Å². The number of rotatable bonds is 10. The molecule has 7 nitrogen and oxygen atoms in total. The van der Waals surface area contributed by atoms with E-state index in [2.05, 4.69) is 53.9 Å². The molecule has 0 bridgehead atoms. The van der Waals surface area contributed by atoms with Gasteiger partial charge in [0.25, 0.3) is 0 Å². The minimum Gasteiger partial charge on any atom is -0.458 e. The van der Waals surface area contributed by atoms with Gasteiger partial charge >= 0.3 is 5.97 Å². The number of aliphatic hydroxyl groups excluding tert-OH is 1. The molecule has 1 aliphatic carbocycles. The molecule has 0 spiro atoms. The van der Waals surface area contributed by atoms with Crippen molar-refractivity contribution >= 4 is 17.8 Å². The lowest BCUT2D eigenvalue weighted by molar-refractivity contribution is -0.151. The van der Waals surface area contributed by atoms with Gasteiger partial charge in [-0.05, 0) is 45.4 Å². The highest BCUT2D eigenvalue weighted by atomic mass is 16.5. The van der Waals surface area contributed by atoms with Crippen LogP contribution < -0.4 is 10.6 Å². The van der Waals surface area contributed by atoms with Crippen LogP contribution in [-0.4, -0.2) is 47.2 Å². The summed E-state index contributed by atoms with van der Waals surface area (Å²) in [5, 5.41) is 17.0. The highest BCUT2D eigenvalue weighted by Crippen LogP contribution is 2.41. The second-order valence-electron chi connectivity index (χ2n) is 13.0. The van der Waals surface area contributed by atoms with Crippen LogP contribution in [0.3, 0.4) is 0 Å². The lowest BCUT2D eigenvalue weighted by Crippen LogP contribution is -2.48. The molecule has 0 saturated carbocycles. The zero-order valence-electron chi connectivity index (χ0n) is 28.2. The van der Waals surface area contributed by atoms with Gasteiger partial charge in [-0.2, -0.15) is 0 Å². The van der Waals surface area contributed by atoms with Crippen LogP contribution in [0.15, 0.2) is 71.9 Å². The number of amides is 2. The number of fused-ring (bicyclic) bond motifs is 1. The van der Waals surface area contributed by atoms with Crippen molar-refractivity contribution in [2.75, 3.05) is 0 Å². The Labute approximate surface area is 271 Å². The number of unbranched alkanes of at least 4 members (excludes halogenated alkanes) is 3. The van der Waals surface area contributed by atoms with Gasteiger partial charge in [0.2, 0.25) is 11.8 Å². The van der Waals surface area contributed by atoms with Crippen LogP contribution >= 0.6 is 0 Å². The van der Waals surface area contributed by atoms with E-state index in [0.29, 0.717) is 6.42 Å². The Morgan fingerprint density at radius 2 is 1.84 bits per heavy atom. The molecule has 0 aromatic heterocycles. The van der Waals surface area contributed by atoms with Gasteiger partial charge in [0.05, 0.1) is 12.1 Å². The molecule has 3 N–H and O–H groups in total. The quantitative estimate of drug-likeness (QED) is 0.116. The van der Waals surface area contributed by atoms with Gasteiger partial charge in [-0.1, -0.05) is 93.0 Å². The molecule has 0 aromatic carbocycles. The molecule has 0 radical (unpaired) electrons. The van der Waals surface area contributed by atoms with Crippen molar-refractivity contribution in [1.29, 1.82) is 0 Å². The lowest BCUT2D eigenvalue weighted by atomic mass is 9.68. The van der Waals surface area contributed by atoms with E-state index >= 15 is 0 Å². The number of hydrogen-bond acceptors (Lipinski definition) is 5. The topological polar surface area (TPSA) is 105 Å². The smallest absolute Gasteiger partial charge is 0.331 e. The molecule has 8 atom stereocenters. The summed E-state index contributed by atoms with van der Waals surface area (Å²) < 4.78 is 5.89. The average Bonchev–Trinajstić information content (AvgIpc) is 2.97. The molecule has 0 saturated heterocycles. The number of aliphatic hydroxyl groups is 1. The Hall–Kier alpha value is -3.63. The average molecular weight is 619 g/mol. The first-order valence-electron chi connectivity index (χ1n) is 16.2. The molecular formula is C38H54N2O5. The Morgan fingerprint density at radius 3 is 2.53 bits per heavy atom. The molecule has 0 aromatic rings. The summed E-state index contributed by atoms with van der Waals surface area (Å²) in [5.74, 6) is 1.39. The van der Waals surface area contributed by atoms with Crippen molar-refractivity contribution in [2.24, 2.45) is 23.2 Å². The van der Waals surface area contributed by atoms with Crippen molar-refractivity contribution in [2.45, 2.75) is 111 Å². The summed E-state index contributed by atoms with van der Waals surface area (Å²) in [5.41, 5.74) is 1.75. The predicted octanol–water partition coefficient (Wildman–Crippen LogP) is 6.28. The molecule has 1 heterocycles. The Bertz CT molecular complexity index is 1250. The molecule has 2 rings (SSSR count). The molecule has 2 amide bonds. The number of allylic oxidation sites excluding steroid dienone is 9. The van der Waals surface area contributed by atoms with E-state index in [1.165, 1.54) is 13.0 Å². The number of nitrogens with one attached hydrogen (secondary N) is 2. The molecule has 246 valence electrons. The molecular weight excluding hydrogens is 564 g/mol. The van der Waals surface area contributed by atoms with Crippen LogP contribution in [-0.2, 0) is 19.1 Å². The number of terminal acetylenes is 1. The van der Waals surface area contributed by atoms with Crippen LogP contribution in [0.25, 0.3) is 0 Å². The largest absolute Gasteiger partial charge is 0.458 e. The highest BCUT2D eigenvalue weighted by Gasteiger charge is 2.36. The van der Waals surface area contributed by atoms with Crippen molar-refractivity contribution in [1.82, 2.24) is 10.6 Å². The number of carbonyl (C=O) groups excluding carboxylic acids is 3.